The fourth-order valence-corrected chi connectivity index (χ4v) is 1.90. The number of ether oxygens (including phenoxy) is 1. The summed E-state index contributed by atoms with van der Waals surface area (Å²) in [5.74, 6) is -0.162. The third kappa shape index (κ3) is 2.65. The van der Waals surface area contributed by atoms with Crippen molar-refractivity contribution in [2.24, 2.45) is 0 Å². The molecule has 1 aliphatic heterocycles. The summed E-state index contributed by atoms with van der Waals surface area (Å²) in [7, 11) is 0. The molecule has 0 radical (unpaired) electrons. The third-order valence-electron chi connectivity index (χ3n) is 2.45. The first-order valence-corrected chi connectivity index (χ1v) is 5.47. The maximum Gasteiger partial charge on any atom is 0.251 e. The SMILES string of the molecule is Nc1cc(Cl)cc(C(=O)NC2CCOC2)c1. The van der Waals surface area contributed by atoms with Crippen molar-refractivity contribution >= 4 is 23.2 Å². The summed E-state index contributed by atoms with van der Waals surface area (Å²) in [5.41, 5.74) is 6.59. The van der Waals surface area contributed by atoms with E-state index in [1.165, 1.54) is 0 Å². The van der Waals surface area contributed by atoms with E-state index in [0.717, 1.165) is 6.42 Å². The molecule has 0 saturated carbocycles. The summed E-state index contributed by atoms with van der Waals surface area (Å²) < 4.78 is 5.18. The van der Waals surface area contributed by atoms with E-state index in [-0.39, 0.29) is 11.9 Å². The van der Waals surface area contributed by atoms with Crippen molar-refractivity contribution in [1.82, 2.24) is 5.32 Å². The number of rotatable bonds is 2. The minimum Gasteiger partial charge on any atom is -0.399 e. The van der Waals surface area contributed by atoms with Crippen molar-refractivity contribution in [3.63, 3.8) is 0 Å². The highest BCUT2D eigenvalue weighted by Crippen LogP contribution is 2.17. The minimum absolute atomic E-state index is 0.0905. The molecule has 5 heteroatoms. The minimum atomic E-state index is -0.162. The molecule has 0 aliphatic carbocycles. The quantitative estimate of drug-likeness (QED) is 0.769. The van der Waals surface area contributed by atoms with Gasteiger partial charge < -0.3 is 15.8 Å². The van der Waals surface area contributed by atoms with Gasteiger partial charge in [0.2, 0.25) is 0 Å². The molecule has 1 atom stereocenters. The molecule has 2 rings (SSSR count). The van der Waals surface area contributed by atoms with Gasteiger partial charge in [-0.05, 0) is 24.6 Å². The number of hydrogen-bond acceptors (Lipinski definition) is 3. The zero-order chi connectivity index (χ0) is 11.5. The van der Waals surface area contributed by atoms with Crippen LogP contribution in [-0.2, 0) is 4.74 Å². The van der Waals surface area contributed by atoms with Gasteiger partial charge in [0.1, 0.15) is 0 Å². The Morgan fingerprint density at radius 2 is 2.31 bits per heavy atom. The van der Waals surface area contributed by atoms with Crippen LogP contribution in [0, 0.1) is 0 Å². The second-order valence-electron chi connectivity index (χ2n) is 3.81. The second-order valence-corrected chi connectivity index (χ2v) is 4.24. The molecule has 3 N–H and O–H groups in total. The van der Waals surface area contributed by atoms with Crippen molar-refractivity contribution in [3.8, 4) is 0 Å². The maximum absolute atomic E-state index is 11.8. The van der Waals surface area contributed by atoms with E-state index in [2.05, 4.69) is 5.32 Å². The predicted octanol–water partition coefficient (Wildman–Crippen LogP) is 1.44. The van der Waals surface area contributed by atoms with Crippen molar-refractivity contribution in [1.29, 1.82) is 0 Å². The Labute approximate surface area is 98.7 Å². The highest BCUT2D eigenvalue weighted by molar-refractivity contribution is 6.31. The average molecular weight is 241 g/mol. The lowest BCUT2D eigenvalue weighted by Crippen LogP contribution is -2.35. The van der Waals surface area contributed by atoms with E-state index in [0.29, 0.717) is 29.5 Å². The van der Waals surface area contributed by atoms with Crippen LogP contribution in [0.15, 0.2) is 18.2 Å². The Kier molecular flexibility index (Phi) is 3.31. The number of carbonyl (C=O) groups excluding carboxylic acids is 1. The molecule has 4 nitrogen and oxygen atoms in total. The molecule has 1 aromatic rings. The molecule has 1 aromatic carbocycles. The van der Waals surface area contributed by atoms with Crippen LogP contribution in [-0.4, -0.2) is 25.2 Å². The number of nitrogen functional groups attached to an aromatic ring is 1. The molecule has 16 heavy (non-hydrogen) atoms. The topological polar surface area (TPSA) is 64.4 Å². The molecular weight excluding hydrogens is 228 g/mol. The van der Waals surface area contributed by atoms with Gasteiger partial charge in [-0.25, -0.2) is 0 Å². The lowest BCUT2D eigenvalue weighted by Gasteiger charge is -2.11. The Bertz CT molecular complexity index is 383. The largest absolute Gasteiger partial charge is 0.399 e. The van der Waals surface area contributed by atoms with Crippen LogP contribution < -0.4 is 11.1 Å². The summed E-state index contributed by atoms with van der Waals surface area (Å²) in [4.78, 5) is 11.8. The normalized spacial score (nSPS) is 19.7. The summed E-state index contributed by atoms with van der Waals surface area (Å²) in [6.45, 7) is 1.27. The maximum atomic E-state index is 11.8. The third-order valence-corrected chi connectivity index (χ3v) is 2.67. The Hall–Kier alpha value is -1.26. The first kappa shape index (κ1) is 11.2. The Balaban J connectivity index is 2.07. The summed E-state index contributed by atoms with van der Waals surface area (Å²) in [6.07, 6.45) is 0.849. The van der Waals surface area contributed by atoms with E-state index in [1.54, 1.807) is 18.2 Å². The standard InChI is InChI=1S/C11H13ClN2O2/c12-8-3-7(4-9(13)5-8)11(15)14-10-1-2-16-6-10/h3-5,10H,1-2,6,13H2,(H,14,15). The van der Waals surface area contributed by atoms with Crippen molar-refractivity contribution < 1.29 is 9.53 Å². The molecule has 1 unspecified atom stereocenters. The van der Waals surface area contributed by atoms with Crippen LogP contribution in [0.3, 0.4) is 0 Å². The lowest BCUT2D eigenvalue weighted by molar-refractivity contribution is 0.0930. The first-order chi connectivity index (χ1) is 7.65. The number of anilines is 1. The van der Waals surface area contributed by atoms with Gasteiger partial charge in [0.25, 0.3) is 5.91 Å². The van der Waals surface area contributed by atoms with Crippen molar-refractivity contribution in [2.75, 3.05) is 18.9 Å². The van der Waals surface area contributed by atoms with Gasteiger partial charge in [0.15, 0.2) is 0 Å². The lowest BCUT2D eigenvalue weighted by atomic mass is 10.1. The van der Waals surface area contributed by atoms with Gasteiger partial charge in [-0.1, -0.05) is 11.6 Å². The highest BCUT2D eigenvalue weighted by Gasteiger charge is 2.18. The first-order valence-electron chi connectivity index (χ1n) is 5.10. The number of nitrogens with one attached hydrogen (secondary N) is 1. The molecule has 0 spiro atoms. The Morgan fingerprint density at radius 3 is 2.94 bits per heavy atom. The van der Waals surface area contributed by atoms with Crippen LogP contribution in [0.1, 0.15) is 16.8 Å². The molecular formula is C11H13ClN2O2. The molecule has 1 aliphatic rings. The van der Waals surface area contributed by atoms with Gasteiger partial charge in [-0.3, -0.25) is 4.79 Å². The monoisotopic (exact) mass is 240 g/mol. The number of hydrogen-bond donors (Lipinski definition) is 2. The van der Waals surface area contributed by atoms with E-state index in [4.69, 9.17) is 22.1 Å². The number of carbonyl (C=O) groups is 1. The van der Waals surface area contributed by atoms with Gasteiger partial charge in [0, 0.05) is 22.9 Å². The highest BCUT2D eigenvalue weighted by atomic mass is 35.5. The summed E-state index contributed by atoms with van der Waals surface area (Å²) in [5, 5.41) is 3.34. The molecule has 1 saturated heterocycles. The number of nitrogens with two attached hydrogens (primary N) is 1. The van der Waals surface area contributed by atoms with E-state index < -0.39 is 0 Å². The molecule has 1 heterocycles. The van der Waals surface area contributed by atoms with Gasteiger partial charge >= 0.3 is 0 Å². The molecule has 1 amide bonds. The average Bonchev–Trinajstić information content (AvgIpc) is 2.68. The van der Waals surface area contributed by atoms with E-state index in [1.807, 2.05) is 0 Å². The zero-order valence-electron chi connectivity index (χ0n) is 8.70. The molecule has 0 aromatic heterocycles. The van der Waals surface area contributed by atoms with E-state index >= 15 is 0 Å². The van der Waals surface area contributed by atoms with Crippen molar-refractivity contribution in [2.45, 2.75) is 12.5 Å². The summed E-state index contributed by atoms with van der Waals surface area (Å²) >= 11 is 5.83. The van der Waals surface area contributed by atoms with Crippen LogP contribution in [0.25, 0.3) is 0 Å². The number of halogens is 1. The van der Waals surface area contributed by atoms with Gasteiger partial charge in [-0.15, -0.1) is 0 Å². The fourth-order valence-electron chi connectivity index (χ4n) is 1.66. The molecule has 1 fully saturated rings. The van der Waals surface area contributed by atoms with Crippen LogP contribution in [0.4, 0.5) is 5.69 Å². The predicted molar refractivity (Wildman–Crippen MR) is 62.6 cm³/mol. The van der Waals surface area contributed by atoms with Crippen LogP contribution >= 0.6 is 11.6 Å². The van der Waals surface area contributed by atoms with E-state index in [9.17, 15) is 4.79 Å². The molecule has 0 bridgehead atoms. The van der Waals surface area contributed by atoms with Gasteiger partial charge in [-0.2, -0.15) is 0 Å². The number of benzene rings is 1. The number of amides is 1. The fraction of sp³-hybridized carbons (Fsp3) is 0.364. The second kappa shape index (κ2) is 4.72. The van der Waals surface area contributed by atoms with Gasteiger partial charge in [0.05, 0.1) is 12.6 Å². The Morgan fingerprint density at radius 1 is 1.50 bits per heavy atom. The van der Waals surface area contributed by atoms with Crippen LogP contribution in [0.2, 0.25) is 5.02 Å². The summed E-state index contributed by atoms with van der Waals surface area (Å²) in [6, 6.07) is 4.91. The smallest absolute Gasteiger partial charge is 0.251 e. The van der Waals surface area contributed by atoms with Crippen molar-refractivity contribution in [3.05, 3.63) is 28.8 Å². The zero-order valence-corrected chi connectivity index (χ0v) is 9.46. The molecule has 86 valence electrons. The van der Waals surface area contributed by atoms with Crippen LogP contribution in [0.5, 0.6) is 0 Å².